The Morgan fingerprint density at radius 3 is 1.39 bits per heavy atom. The molecule has 0 atom stereocenters. The van der Waals surface area contributed by atoms with Gasteiger partial charge in [0, 0.05) is 36.9 Å². The molecule has 6 rings (SSSR count). The molecule has 0 radical (unpaired) electrons. The average Bonchev–Trinajstić information content (AvgIpc) is 3.91. The summed E-state index contributed by atoms with van der Waals surface area (Å²) in [6.07, 6.45) is 10.3. The van der Waals surface area contributed by atoms with Crippen molar-refractivity contribution in [2.75, 3.05) is 23.8 Å². The number of unbranched alkanes of at least 4 members (excludes halogenated alkanes) is 1. The molecule has 0 aliphatic carbocycles. The molecule has 20 heteroatoms. The van der Waals surface area contributed by atoms with Crippen LogP contribution in [0.5, 0.6) is 11.5 Å². The maximum Gasteiger partial charge on any atom is 0.337 e. The molecule has 18 nitrogen and oxygen atoms in total. The van der Waals surface area contributed by atoms with Gasteiger partial charge in [0.2, 0.25) is 0 Å². The second-order valence-corrected chi connectivity index (χ2v) is 11.9. The zero-order valence-corrected chi connectivity index (χ0v) is 29.1. The van der Waals surface area contributed by atoms with E-state index >= 15 is 0 Å². The van der Waals surface area contributed by atoms with E-state index in [1.54, 1.807) is 46.1 Å². The highest BCUT2D eigenvalue weighted by Crippen LogP contribution is 2.33. The van der Waals surface area contributed by atoms with Crippen LogP contribution in [0.3, 0.4) is 0 Å². The number of ether oxygens (including phenoxy) is 2. The third-order valence-electron chi connectivity index (χ3n) is 7.46. The van der Waals surface area contributed by atoms with Crippen LogP contribution in [0.2, 0.25) is 10.0 Å². The lowest BCUT2D eigenvalue weighted by Crippen LogP contribution is -2.17. The number of halogens is 2. The first kappa shape index (κ1) is 36.9. The Labute approximate surface area is 314 Å². The van der Waals surface area contributed by atoms with E-state index in [0.717, 1.165) is 12.1 Å². The van der Waals surface area contributed by atoms with Crippen LogP contribution in [0, 0.1) is 0 Å². The molecule has 0 aliphatic rings. The molecule has 54 heavy (non-hydrogen) atoms. The highest BCUT2D eigenvalue weighted by atomic mass is 35.5. The molecule has 4 aromatic heterocycles. The van der Waals surface area contributed by atoms with E-state index in [2.05, 4.69) is 41.0 Å². The zero-order valence-electron chi connectivity index (χ0n) is 27.6. The van der Waals surface area contributed by atoms with Crippen molar-refractivity contribution in [2.45, 2.75) is 12.8 Å². The maximum absolute atomic E-state index is 12.9. The summed E-state index contributed by atoms with van der Waals surface area (Å²) < 4.78 is 14.8. The predicted octanol–water partition coefficient (Wildman–Crippen LogP) is 5.08. The Hall–Kier alpha value is -6.92. The van der Waals surface area contributed by atoms with Gasteiger partial charge in [-0.2, -0.15) is 0 Å². The number of nitrogens with one attached hydrogen (secondary N) is 2. The van der Waals surface area contributed by atoms with Gasteiger partial charge in [-0.25, -0.2) is 19.6 Å². The number of carboxylic acids is 2. The number of carbonyl (C=O) groups is 4. The van der Waals surface area contributed by atoms with Crippen LogP contribution in [-0.4, -0.2) is 86.7 Å². The van der Waals surface area contributed by atoms with Crippen molar-refractivity contribution in [1.82, 2.24) is 39.5 Å². The molecule has 0 saturated heterocycles. The molecule has 0 unspecified atom stereocenters. The largest absolute Gasteiger partial charge is 0.492 e. The highest BCUT2D eigenvalue weighted by Gasteiger charge is 2.21. The lowest BCUT2D eigenvalue weighted by atomic mass is 10.1. The number of amides is 2. The Morgan fingerprint density at radius 2 is 1.06 bits per heavy atom. The van der Waals surface area contributed by atoms with Crippen molar-refractivity contribution in [2.24, 2.45) is 0 Å². The number of hydrogen-bond acceptors (Lipinski definition) is 12. The number of nitrogens with zero attached hydrogens (tertiary/aromatic N) is 8. The number of benzene rings is 2. The first-order valence-electron chi connectivity index (χ1n) is 15.7. The summed E-state index contributed by atoms with van der Waals surface area (Å²) in [6.45, 7) is 0.246. The number of carboxylic acid groups (broad SMARTS) is 2. The molecule has 4 heterocycles. The third kappa shape index (κ3) is 8.75. The summed E-state index contributed by atoms with van der Waals surface area (Å²) in [4.78, 5) is 57.5. The molecule has 0 spiro atoms. The first-order valence-corrected chi connectivity index (χ1v) is 16.5. The smallest absolute Gasteiger partial charge is 0.337 e. The standard InChI is InChI=1S/C34H26Cl2N10O8/c35-21-13-19(33(49)50)25(39-31(47)23-3-5-29(43-41-23)45-9-7-37-17-45)15-27(21)53-11-1-2-12-54-28-16-26(20(34(51)52)14-22(28)36)40-32(48)24-4-6-30(44-42-24)46-10-8-38-18-46/h3-10,13-18H,1-2,11-12H2,(H,39,47)(H,40,48)(H,49,50)(H,51,52). The minimum atomic E-state index is -1.33. The summed E-state index contributed by atoms with van der Waals surface area (Å²) in [6, 6.07) is 10.9. The van der Waals surface area contributed by atoms with Crippen LogP contribution in [-0.2, 0) is 0 Å². The molecule has 0 fully saturated rings. The molecule has 0 aliphatic heterocycles. The van der Waals surface area contributed by atoms with Gasteiger partial charge in [-0.1, -0.05) is 23.2 Å². The predicted molar refractivity (Wildman–Crippen MR) is 191 cm³/mol. The molecular weight excluding hydrogens is 747 g/mol. The van der Waals surface area contributed by atoms with E-state index in [9.17, 15) is 29.4 Å². The molecule has 6 aromatic rings. The van der Waals surface area contributed by atoms with Crippen LogP contribution in [0.25, 0.3) is 11.6 Å². The van der Waals surface area contributed by atoms with E-state index in [1.165, 1.54) is 36.9 Å². The zero-order chi connectivity index (χ0) is 38.2. The molecule has 274 valence electrons. The summed E-state index contributed by atoms with van der Waals surface area (Å²) in [5.74, 6) is -2.99. The topological polar surface area (TPSA) is 238 Å². The van der Waals surface area contributed by atoms with E-state index in [-0.39, 0.29) is 68.6 Å². The SMILES string of the molecule is O=C(Nc1cc(OCCCCOc2cc(NC(=O)c3ccc(-n4ccnc4)nn3)c(C(=O)O)cc2Cl)c(Cl)cc1C(=O)O)c1ccc(-n2ccnc2)nn1. The van der Waals surface area contributed by atoms with Gasteiger partial charge in [0.05, 0.1) is 45.8 Å². The molecule has 2 aromatic carbocycles. The summed E-state index contributed by atoms with van der Waals surface area (Å²) in [5, 5.41) is 40.3. The van der Waals surface area contributed by atoms with Crippen molar-refractivity contribution in [3.63, 3.8) is 0 Å². The van der Waals surface area contributed by atoms with Gasteiger partial charge in [-0.15, -0.1) is 20.4 Å². The van der Waals surface area contributed by atoms with Gasteiger partial charge in [-0.05, 0) is 49.2 Å². The number of imidazole rings is 2. The molecule has 0 saturated carbocycles. The number of rotatable bonds is 15. The van der Waals surface area contributed by atoms with Gasteiger partial charge in [0.1, 0.15) is 24.2 Å². The Bertz CT molecular complexity index is 2140. The second-order valence-electron chi connectivity index (χ2n) is 11.1. The molecule has 2 amide bonds. The maximum atomic E-state index is 12.9. The molecule has 0 bridgehead atoms. The van der Waals surface area contributed by atoms with Gasteiger partial charge >= 0.3 is 11.9 Å². The van der Waals surface area contributed by atoms with Gasteiger partial charge in [0.15, 0.2) is 23.0 Å². The van der Waals surface area contributed by atoms with Crippen molar-refractivity contribution >= 4 is 58.3 Å². The quantitative estimate of drug-likeness (QED) is 0.0996. The first-order chi connectivity index (χ1) is 26.1. The average molecular weight is 774 g/mol. The van der Waals surface area contributed by atoms with E-state index in [1.807, 2.05) is 0 Å². The second kappa shape index (κ2) is 16.6. The summed E-state index contributed by atoms with van der Waals surface area (Å²) in [7, 11) is 0. The summed E-state index contributed by atoms with van der Waals surface area (Å²) in [5.41, 5.74) is -0.810. The number of hydrogen-bond donors (Lipinski definition) is 4. The van der Waals surface area contributed by atoms with Crippen molar-refractivity contribution in [3.8, 4) is 23.1 Å². The fraction of sp³-hybridized carbons (Fsp3) is 0.118. The molecular formula is C34H26Cl2N10O8. The van der Waals surface area contributed by atoms with E-state index in [0.29, 0.717) is 24.5 Å². The van der Waals surface area contributed by atoms with Crippen molar-refractivity contribution in [3.05, 3.63) is 119 Å². The minimum absolute atomic E-state index is 0.00567. The van der Waals surface area contributed by atoms with Crippen LogP contribution < -0.4 is 20.1 Å². The van der Waals surface area contributed by atoms with Gasteiger partial charge < -0.3 is 30.3 Å². The third-order valence-corrected chi connectivity index (χ3v) is 8.05. The van der Waals surface area contributed by atoms with Crippen LogP contribution >= 0.6 is 23.2 Å². The monoisotopic (exact) mass is 772 g/mol. The number of carbonyl (C=O) groups excluding carboxylic acids is 2. The normalized spacial score (nSPS) is 10.8. The van der Waals surface area contributed by atoms with Gasteiger partial charge in [0.25, 0.3) is 11.8 Å². The highest BCUT2D eigenvalue weighted by molar-refractivity contribution is 6.33. The number of aromatic nitrogens is 8. The Balaban J connectivity index is 1.04. The number of anilines is 2. The Morgan fingerprint density at radius 1 is 0.630 bits per heavy atom. The van der Waals surface area contributed by atoms with E-state index in [4.69, 9.17) is 32.7 Å². The van der Waals surface area contributed by atoms with Crippen LogP contribution in [0.4, 0.5) is 11.4 Å². The molecule has 4 N–H and O–H groups in total. The fourth-order valence-electron chi connectivity index (χ4n) is 4.79. The lowest BCUT2D eigenvalue weighted by molar-refractivity contribution is 0.0686. The van der Waals surface area contributed by atoms with E-state index < -0.39 is 23.8 Å². The fourth-order valence-corrected chi connectivity index (χ4v) is 5.22. The van der Waals surface area contributed by atoms with Gasteiger partial charge in [-0.3, -0.25) is 18.7 Å². The number of aromatic carboxylic acids is 2. The lowest BCUT2D eigenvalue weighted by Gasteiger charge is -2.14. The van der Waals surface area contributed by atoms with Crippen molar-refractivity contribution < 1.29 is 38.9 Å². The van der Waals surface area contributed by atoms with Crippen LogP contribution in [0.1, 0.15) is 54.5 Å². The van der Waals surface area contributed by atoms with Crippen molar-refractivity contribution in [1.29, 1.82) is 0 Å². The summed E-state index contributed by atoms with van der Waals surface area (Å²) >= 11 is 12.6. The van der Waals surface area contributed by atoms with Crippen LogP contribution in [0.15, 0.2) is 86.0 Å². The minimum Gasteiger partial charge on any atom is -0.492 e. The Kier molecular flexibility index (Phi) is 11.3.